The van der Waals surface area contributed by atoms with Crippen molar-refractivity contribution in [3.8, 4) is 0 Å². The second kappa shape index (κ2) is 4.47. The van der Waals surface area contributed by atoms with Crippen LogP contribution in [0.15, 0.2) is 10.7 Å². The lowest BCUT2D eigenvalue weighted by atomic mass is 10.1. The molecular formula is C11H18N2O2. The molecule has 84 valence electrons. The number of hydrogen-bond acceptors (Lipinski definition) is 3. The number of carbonyl (C=O) groups excluding carboxylic acids is 1. The van der Waals surface area contributed by atoms with Crippen LogP contribution >= 0.6 is 0 Å². The third-order valence-corrected chi connectivity index (χ3v) is 2.06. The van der Waals surface area contributed by atoms with Crippen molar-refractivity contribution in [1.29, 1.82) is 0 Å². The van der Waals surface area contributed by atoms with E-state index >= 15 is 0 Å². The van der Waals surface area contributed by atoms with Crippen LogP contribution in [0.2, 0.25) is 0 Å². The summed E-state index contributed by atoms with van der Waals surface area (Å²) in [5, 5.41) is 0. The molecule has 0 radical (unpaired) electrons. The monoisotopic (exact) mass is 210 g/mol. The molecule has 0 atom stereocenters. The normalized spacial score (nSPS) is 11.1. The van der Waals surface area contributed by atoms with Crippen molar-refractivity contribution >= 4 is 11.9 Å². The first kappa shape index (κ1) is 11.8. The van der Waals surface area contributed by atoms with E-state index in [1.807, 2.05) is 34.6 Å². The summed E-state index contributed by atoms with van der Waals surface area (Å²) in [5.74, 6) is -0.0218. The van der Waals surface area contributed by atoms with Gasteiger partial charge in [0.15, 0.2) is 0 Å². The molecule has 0 aromatic carbocycles. The maximum atomic E-state index is 11.9. The standard InChI is InChI=1S/C11H18N2O2/c1-7(2)10(14)13(8(3)4)11-12-9(5)6-15-11/h6-8H,1-5H3. The number of nitrogens with zero attached hydrogens (tertiary/aromatic N) is 2. The molecule has 0 bridgehead atoms. The highest BCUT2D eigenvalue weighted by Crippen LogP contribution is 2.18. The summed E-state index contributed by atoms with van der Waals surface area (Å²) in [4.78, 5) is 17.7. The molecule has 4 nitrogen and oxygen atoms in total. The number of oxazole rings is 1. The number of amides is 1. The van der Waals surface area contributed by atoms with Crippen molar-refractivity contribution in [3.05, 3.63) is 12.0 Å². The van der Waals surface area contributed by atoms with Gasteiger partial charge in [-0.25, -0.2) is 0 Å². The van der Waals surface area contributed by atoms with Crippen molar-refractivity contribution in [3.63, 3.8) is 0 Å². The Morgan fingerprint density at radius 3 is 2.33 bits per heavy atom. The van der Waals surface area contributed by atoms with Gasteiger partial charge in [0.25, 0.3) is 0 Å². The molecular weight excluding hydrogens is 192 g/mol. The van der Waals surface area contributed by atoms with E-state index in [1.54, 1.807) is 11.2 Å². The van der Waals surface area contributed by atoms with Crippen molar-refractivity contribution < 1.29 is 9.21 Å². The Morgan fingerprint density at radius 2 is 2.00 bits per heavy atom. The Morgan fingerprint density at radius 1 is 1.40 bits per heavy atom. The average Bonchev–Trinajstić information content (AvgIpc) is 2.51. The van der Waals surface area contributed by atoms with E-state index < -0.39 is 0 Å². The van der Waals surface area contributed by atoms with Gasteiger partial charge < -0.3 is 4.42 Å². The van der Waals surface area contributed by atoms with Crippen LogP contribution in [-0.4, -0.2) is 16.9 Å². The van der Waals surface area contributed by atoms with Gasteiger partial charge in [-0.1, -0.05) is 13.8 Å². The third-order valence-electron chi connectivity index (χ3n) is 2.06. The maximum Gasteiger partial charge on any atom is 0.304 e. The van der Waals surface area contributed by atoms with Crippen LogP contribution in [0.5, 0.6) is 0 Å². The van der Waals surface area contributed by atoms with E-state index in [4.69, 9.17) is 4.42 Å². The lowest BCUT2D eigenvalue weighted by Crippen LogP contribution is -2.39. The quantitative estimate of drug-likeness (QED) is 0.769. The molecule has 0 N–H and O–H groups in total. The molecule has 0 aliphatic carbocycles. The average molecular weight is 210 g/mol. The highest BCUT2D eigenvalue weighted by molar-refractivity contribution is 5.93. The zero-order chi connectivity index (χ0) is 11.6. The summed E-state index contributed by atoms with van der Waals surface area (Å²) in [6.07, 6.45) is 1.55. The molecule has 15 heavy (non-hydrogen) atoms. The van der Waals surface area contributed by atoms with E-state index in [0.717, 1.165) is 5.69 Å². The zero-order valence-corrected chi connectivity index (χ0v) is 9.94. The van der Waals surface area contributed by atoms with E-state index in [0.29, 0.717) is 6.01 Å². The van der Waals surface area contributed by atoms with E-state index in [-0.39, 0.29) is 17.9 Å². The zero-order valence-electron chi connectivity index (χ0n) is 9.94. The van der Waals surface area contributed by atoms with Gasteiger partial charge in [-0.15, -0.1) is 0 Å². The lowest BCUT2D eigenvalue weighted by Gasteiger charge is -2.24. The number of hydrogen-bond donors (Lipinski definition) is 0. The molecule has 1 aromatic rings. The van der Waals surface area contributed by atoms with Crippen LogP contribution in [0, 0.1) is 12.8 Å². The van der Waals surface area contributed by atoms with Crippen molar-refractivity contribution in [2.24, 2.45) is 5.92 Å². The maximum absolute atomic E-state index is 11.9. The van der Waals surface area contributed by atoms with Gasteiger partial charge in [0.1, 0.15) is 6.26 Å². The second-order valence-corrected chi connectivity index (χ2v) is 4.23. The minimum absolute atomic E-state index is 0.0341. The summed E-state index contributed by atoms with van der Waals surface area (Å²) in [5.41, 5.74) is 0.784. The topological polar surface area (TPSA) is 46.3 Å². The first-order valence-electron chi connectivity index (χ1n) is 5.18. The SMILES string of the molecule is Cc1coc(N(C(=O)C(C)C)C(C)C)n1. The third kappa shape index (κ3) is 2.58. The Balaban J connectivity index is 2.98. The number of aryl methyl sites for hydroxylation is 1. The molecule has 1 heterocycles. The van der Waals surface area contributed by atoms with E-state index in [2.05, 4.69) is 4.98 Å². The predicted molar refractivity (Wildman–Crippen MR) is 58.7 cm³/mol. The number of anilines is 1. The first-order chi connectivity index (χ1) is 6.93. The van der Waals surface area contributed by atoms with Gasteiger partial charge in [-0.05, 0) is 20.8 Å². The molecule has 4 heteroatoms. The fraction of sp³-hybridized carbons (Fsp3) is 0.636. The van der Waals surface area contributed by atoms with Gasteiger partial charge in [0.05, 0.1) is 5.69 Å². The second-order valence-electron chi connectivity index (χ2n) is 4.23. The van der Waals surface area contributed by atoms with E-state index in [9.17, 15) is 4.79 Å². The summed E-state index contributed by atoms with van der Waals surface area (Å²) >= 11 is 0. The van der Waals surface area contributed by atoms with Crippen LogP contribution in [0.25, 0.3) is 0 Å². The number of aromatic nitrogens is 1. The first-order valence-corrected chi connectivity index (χ1v) is 5.18. The van der Waals surface area contributed by atoms with Crippen LogP contribution in [0.4, 0.5) is 6.01 Å². The summed E-state index contributed by atoms with van der Waals surface area (Å²) in [6, 6.07) is 0.444. The fourth-order valence-corrected chi connectivity index (χ4v) is 1.30. The van der Waals surface area contributed by atoms with Crippen LogP contribution in [-0.2, 0) is 4.79 Å². The van der Waals surface area contributed by atoms with Crippen molar-refractivity contribution in [2.75, 3.05) is 4.90 Å². The molecule has 1 rings (SSSR count). The summed E-state index contributed by atoms with van der Waals surface area (Å²) in [6.45, 7) is 9.46. The summed E-state index contributed by atoms with van der Waals surface area (Å²) in [7, 11) is 0. The van der Waals surface area contributed by atoms with Gasteiger partial charge in [-0.3, -0.25) is 9.69 Å². The smallest absolute Gasteiger partial charge is 0.304 e. The molecule has 1 aromatic heterocycles. The summed E-state index contributed by atoms with van der Waals surface area (Å²) < 4.78 is 5.25. The van der Waals surface area contributed by atoms with Gasteiger partial charge >= 0.3 is 6.01 Å². The molecule has 0 saturated heterocycles. The van der Waals surface area contributed by atoms with Crippen LogP contribution < -0.4 is 4.90 Å². The number of rotatable bonds is 3. The Labute approximate surface area is 90.3 Å². The highest BCUT2D eigenvalue weighted by Gasteiger charge is 2.25. The Bertz CT molecular complexity index is 342. The fourth-order valence-electron chi connectivity index (χ4n) is 1.30. The molecule has 0 fully saturated rings. The van der Waals surface area contributed by atoms with Gasteiger partial charge in [-0.2, -0.15) is 4.98 Å². The lowest BCUT2D eigenvalue weighted by molar-refractivity contribution is -0.122. The molecule has 0 aliphatic heterocycles. The molecule has 1 amide bonds. The minimum Gasteiger partial charge on any atom is -0.431 e. The van der Waals surface area contributed by atoms with Gasteiger partial charge in [0.2, 0.25) is 5.91 Å². The Kier molecular flexibility index (Phi) is 3.50. The molecule has 0 unspecified atom stereocenters. The molecule has 0 saturated carbocycles. The van der Waals surface area contributed by atoms with Crippen LogP contribution in [0.1, 0.15) is 33.4 Å². The van der Waals surface area contributed by atoms with E-state index in [1.165, 1.54) is 0 Å². The Hall–Kier alpha value is -1.32. The molecule has 0 aliphatic rings. The van der Waals surface area contributed by atoms with Gasteiger partial charge in [0, 0.05) is 12.0 Å². The largest absolute Gasteiger partial charge is 0.431 e. The number of carbonyl (C=O) groups is 1. The van der Waals surface area contributed by atoms with Crippen molar-refractivity contribution in [2.45, 2.75) is 40.7 Å². The highest BCUT2D eigenvalue weighted by atomic mass is 16.4. The van der Waals surface area contributed by atoms with Crippen LogP contribution in [0.3, 0.4) is 0 Å². The predicted octanol–water partition coefficient (Wildman–Crippen LogP) is 2.38. The molecule has 0 spiro atoms. The minimum atomic E-state index is -0.0559. The van der Waals surface area contributed by atoms with Crippen molar-refractivity contribution in [1.82, 2.24) is 4.98 Å².